The minimum absolute atomic E-state index is 0.275. The van der Waals surface area contributed by atoms with Crippen LogP contribution in [0.1, 0.15) is 177 Å². The molecular weight excluding hydrogens is 404 g/mol. The molecule has 0 spiro atoms. The molecule has 0 radical (unpaired) electrons. The van der Waals surface area contributed by atoms with Crippen LogP contribution in [0.3, 0.4) is 0 Å². The van der Waals surface area contributed by atoms with E-state index in [1.165, 1.54) is 103 Å². The van der Waals surface area contributed by atoms with Crippen molar-refractivity contribution in [2.45, 2.75) is 189 Å². The highest BCUT2D eigenvalue weighted by Crippen LogP contribution is 2.41. The van der Waals surface area contributed by atoms with Crippen molar-refractivity contribution in [2.24, 2.45) is 10.8 Å². The van der Waals surface area contributed by atoms with Crippen molar-refractivity contribution < 1.29 is 10.2 Å². The average Bonchev–Trinajstić information content (AvgIpc) is 2.74. The molecule has 0 saturated carbocycles. The molecule has 0 aliphatic carbocycles. The number of unbranched alkanes of at least 4 members (excludes halogenated alkanes) is 13. The van der Waals surface area contributed by atoms with E-state index in [4.69, 9.17) is 0 Å². The summed E-state index contributed by atoms with van der Waals surface area (Å²) in [6, 6.07) is 0. The van der Waals surface area contributed by atoms with Gasteiger partial charge in [0.15, 0.2) is 0 Å². The lowest BCUT2D eigenvalue weighted by molar-refractivity contribution is -0.141. The van der Waals surface area contributed by atoms with Crippen molar-refractivity contribution in [1.82, 2.24) is 0 Å². The molecule has 0 aromatic carbocycles. The van der Waals surface area contributed by atoms with E-state index >= 15 is 0 Å². The van der Waals surface area contributed by atoms with Crippen molar-refractivity contribution in [2.75, 3.05) is 0 Å². The highest BCUT2D eigenvalue weighted by atomic mass is 16.3. The van der Waals surface area contributed by atoms with Gasteiger partial charge in [-0.25, -0.2) is 0 Å². The van der Waals surface area contributed by atoms with Crippen LogP contribution < -0.4 is 0 Å². The largest absolute Gasteiger partial charge is 0.390 e. The zero-order chi connectivity index (χ0) is 25.2. The van der Waals surface area contributed by atoms with Crippen LogP contribution in [0.25, 0.3) is 0 Å². The first-order valence-corrected chi connectivity index (χ1v) is 14.9. The maximum Gasteiger partial charge on any atom is 0.0927 e. The fourth-order valence-electron chi connectivity index (χ4n) is 5.15. The maximum absolute atomic E-state index is 11.3. The minimum atomic E-state index is -1.03. The van der Waals surface area contributed by atoms with Gasteiger partial charge in [0.05, 0.1) is 11.7 Å². The Kier molecular flexibility index (Phi) is 18.2. The Morgan fingerprint density at radius 3 is 1.39 bits per heavy atom. The van der Waals surface area contributed by atoms with E-state index in [1.807, 2.05) is 6.92 Å². The standard InChI is InChI=1S/C31H64O2/c1-8-10-12-14-15-16-17-18-19-20-21-24-28(32)31(7,33)30(5,6)27-23-26-29(3,4)25-22-13-11-9-2/h28,32-33H,8-27H2,1-7H3. The molecule has 2 heteroatoms. The number of aliphatic hydroxyl groups excluding tert-OH is 1. The Hall–Kier alpha value is -0.0800. The van der Waals surface area contributed by atoms with E-state index in [2.05, 4.69) is 41.5 Å². The zero-order valence-electron chi connectivity index (χ0n) is 24.1. The molecular formula is C31H64O2. The number of aliphatic hydroxyl groups is 2. The quantitative estimate of drug-likeness (QED) is 0.146. The Morgan fingerprint density at radius 1 is 0.515 bits per heavy atom. The minimum Gasteiger partial charge on any atom is -0.390 e. The van der Waals surface area contributed by atoms with Gasteiger partial charge in [-0.3, -0.25) is 0 Å². The molecule has 33 heavy (non-hydrogen) atoms. The topological polar surface area (TPSA) is 40.5 Å². The molecule has 0 fully saturated rings. The first-order chi connectivity index (χ1) is 15.5. The van der Waals surface area contributed by atoms with Gasteiger partial charge >= 0.3 is 0 Å². The van der Waals surface area contributed by atoms with Gasteiger partial charge in [0, 0.05) is 0 Å². The molecule has 0 bridgehead atoms. The molecule has 200 valence electrons. The summed E-state index contributed by atoms with van der Waals surface area (Å²) < 4.78 is 0. The van der Waals surface area contributed by atoms with Gasteiger partial charge in [0.1, 0.15) is 0 Å². The van der Waals surface area contributed by atoms with Crippen LogP contribution in [0, 0.1) is 10.8 Å². The van der Waals surface area contributed by atoms with Crippen LogP contribution in [0.15, 0.2) is 0 Å². The predicted molar refractivity (Wildman–Crippen MR) is 148 cm³/mol. The SMILES string of the molecule is CCCCCCCCCCCCCC(O)C(C)(O)C(C)(C)CCCC(C)(C)CCCCCC. The summed E-state index contributed by atoms with van der Waals surface area (Å²) in [5.74, 6) is 0. The lowest BCUT2D eigenvalue weighted by Gasteiger charge is -2.44. The molecule has 0 heterocycles. The second kappa shape index (κ2) is 18.2. The molecule has 2 N–H and O–H groups in total. The molecule has 2 atom stereocenters. The summed E-state index contributed by atoms with van der Waals surface area (Å²) in [5, 5.41) is 22.1. The average molecular weight is 469 g/mol. The Morgan fingerprint density at radius 2 is 0.909 bits per heavy atom. The van der Waals surface area contributed by atoms with Crippen LogP contribution in [-0.4, -0.2) is 21.9 Å². The van der Waals surface area contributed by atoms with E-state index in [0.717, 1.165) is 25.7 Å². The molecule has 0 aliphatic rings. The monoisotopic (exact) mass is 468 g/mol. The van der Waals surface area contributed by atoms with Crippen molar-refractivity contribution in [3.05, 3.63) is 0 Å². The van der Waals surface area contributed by atoms with Gasteiger partial charge < -0.3 is 10.2 Å². The van der Waals surface area contributed by atoms with Crippen LogP contribution in [0.5, 0.6) is 0 Å². The fourth-order valence-corrected chi connectivity index (χ4v) is 5.15. The Balaban J connectivity index is 4.10. The van der Waals surface area contributed by atoms with Crippen LogP contribution >= 0.6 is 0 Å². The van der Waals surface area contributed by atoms with Crippen molar-refractivity contribution in [1.29, 1.82) is 0 Å². The van der Waals surface area contributed by atoms with E-state index in [9.17, 15) is 10.2 Å². The number of hydrogen-bond acceptors (Lipinski definition) is 2. The molecule has 0 amide bonds. The summed E-state index contributed by atoms with van der Waals surface area (Å²) in [7, 11) is 0. The van der Waals surface area contributed by atoms with Gasteiger partial charge in [0.25, 0.3) is 0 Å². The Labute approximate surface area is 209 Å². The lowest BCUT2D eigenvalue weighted by atomic mass is 9.68. The number of hydrogen-bond donors (Lipinski definition) is 2. The molecule has 0 saturated heterocycles. The van der Waals surface area contributed by atoms with Crippen LogP contribution in [0.2, 0.25) is 0 Å². The highest BCUT2D eigenvalue weighted by molar-refractivity contribution is 4.95. The van der Waals surface area contributed by atoms with Crippen LogP contribution in [-0.2, 0) is 0 Å². The lowest BCUT2D eigenvalue weighted by Crippen LogP contribution is -2.51. The third kappa shape index (κ3) is 15.5. The first-order valence-electron chi connectivity index (χ1n) is 14.9. The Bertz CT molecular complexity index is 438. The van der Waals surface area contributed by atoms with Gasteiger partial charge in [-0.15, -0.1) is 0 Å². The highest BCUT2D eigenvalue weighted by Gasteiger charge is 2.44. The smallest absolute Gasteiger partial charge is 0.0927 e. The normalized spacial score (nSPS) is 15.5. The van der Waals surface area contributed by atoms with Crippen molar-refractivity contribution in [3.8, 4) is 0 Å². The predicted octanol–water partition coefficient (Wildman–Crippen LogP) is 9.99. The summed E-state index contributed by atoms with van der Waals surface area (Å²) in [4.78, 5) is 0. The van der Waals surface area contributed by atoms with Gasteiger partial charge in [-0.2, -0.15) is 0 Å². The maximum atomic E-state index is 11.3. The van der Waals surface area contributed by atoms with Crippen LogP contribution in [0.4, 0.5) is 0 Å². The van der Waals surface area contributed by atoms with Crippen molar-refractivity contribution in [3.63, 3.8) is 0 Å². The van der Waals surface area contributed by atoms with Crippen molar-refractivity contribution >= 4 is 0 Å². The van der Waals surface area contributed by atoms with Gasteiger partial charge in [-0.1, -0.05) is 144 Å². The molecule has 0 aromatic heterocycles. The fraction of sp³-hybridized carbons (Fsp3) is 1.00. The summed E-state index contributed by atoms with van der Waals surface area (Å²) in [5.41, 5.74) is -0.928. The first kappa shape index (κ1) is 32.9. The third-order valence-corrected chi connectivity index (χ3v) is 8.46. The third-order valence-electron chi connectivity index (χ3n) is 8.46. The van der Waals surface area contributed by atoms with Gasteiger partial charge in [-0.05, 0) is 43.4 Å². The molecule has 0 aromatic rings. The van der Waals surface area contributed by atoms with E-state index < -0.39 is 11.7 Å². The number of rotatable bonds is 23. The molecule has 2 nitrogen and oxygen atoms in total. The summed E-state index contributed by atoms with van der Waals surface area (Å²) in [6.45, 7) is 15.5. The van der Waals surface area contributed by atoms with Gasteiger partial charge in [0.2, 0.25) is 0 Å². The zero-order valence-corrected chi connectivity index (χ0v) is 24.1. The second-order valence-electron chi connectivity index (χ2n) is 12.7. The molecule has 0 rings (SSSR count). The van der Waals surface area contributed by atoms with E-state index in [1.54, 1.807) is 0 Å². The second-order valence-corrected chi connectivity index (χ2v) is 12.7. The van der Waals surface area contributed by atoms with E-state index in [0.29, 0.717) is 5.41 Å². The molecule has 2 unspecified atom stereocenters. The summed E-state index contributed by atoms with van der Waals surface area (Å²) in [6.07, 6.45) is 24.4. The van der Waals surface area contributed by atoms with E-state index in [-0.39, 0.29) is 5.41 Å². The molecule has 0 aliphatic heterocycles. The summed E-state index contributed by atoms with van der Waals surface area (Å²) >= 11 is 0.